The lowest BCUT2D eigenvalue weighted by atomic mass is 10.0. The summed E-state index contributed by atoms with van der Waals surface area (Å²) >= 11 is 0. The lowest BCUT2D eigenvalue weighted by molar-refractivity contribution is 0.465. The molecule has 0 unspecified atom stereocenters. The first-order valence-electron chi connectivity index (χ1n) is 4.66. The maximum absolute atomic E-state index is 9.77. The van der Waals surface area contributed by atoms with Crippen molar-refractivity contribution in [3.8, 4) is 5.75 Å². The molecule has 0 bridgehead atoms. The van der Waals surface area contributed by atoms with Gasteiger partial charge in [-0.1, -0.05) is 12.1 Å². The highest BCUT2D eigenvalue weighted by molar-refractivity contribution is 5.87. The summed E-state index contributed by atoms with van der Waals surface area (Å²) in [5.41, 5.74) is 3.73. The van der Waals surface area contributed by atoms with Crippen LogP contribution < -0.4 is 0 Å². The Bertz CT molecular complexity index is 503. The van der Waals surface area contributed by atoms with E-state index in [4.69, 9.17) is 0 Å². The number of pyridine rings is 1. The molecule has 1 heterocycles. The Hall–Kier alpha value is -1.57. The average molecular weight is 187 g/mol. The number of hydrogen-bond donors (Lipinski definition) is 1. The lowest BCUT2D eigenvalue weighted by Gasteiger charge is -2.09. The maximum Gasteiger partial charge on any atom is 0.140 e. The molecule has 0 aliphatic heterocycles. The van der Waals surface area contributed by atoms with Crippen LogP contribution in [-0.4, -0.2) is 10.1 Å². The largest absolute Gasteiger partial charge is 0.506 e. The Kier molecular flexibility index (Phi) is 1.92. The topological polar surface area (TPSA) is 33.1 Å². The summed E-state index contributed by atoms with van der Waals surface area (Å²) in [5.74, 6) is 0.312. The summed E-state index contributed by atoms with van der Waals surface area (Å²) < 4.78 is 0. The SMILES string of the molecule is Cc1nc2cccc(C)c2c(C)c1O. The fourth-order valence-corrected chi connectivity index (χ4v) is 1.86. The van der Waals surface area contributed by atoms with Gasteiger partial charge in [-0.15, -0.1) is 0 Å². The van der Waals surface area contributed by atoms with Crippen molar-refractivity contribution in [1.29, 1.82) is 0 Å². The molecule has 0 fully saturated rings. The van der Waals surface area contributed by atoms with Crippen LogP contribution in [0.3, 0.4) is 0 Å². The van der Waals surface area contributed by atoms with Crippen molar-refractivity contribution in [2.45, 2.75) is 20.8 Å². The Labute approximate surface area is 83.2 Å². The van der Waals surface area contributed by atoms with E-state index in [1.165, 1.54) is 0 Å². The van der Waals surface area contributed by atoms with E-state index in [0.29, 0.717) is 11.4 Å². The van der Waals surface area contributed by atoms with E-state index in [2.05, 4.69) is 4.98 Å². The standard InChI is InChI=1S/C12H13NO/c1-7-5-4-6-10-11(7)8(2)12(14)9(3)13-10/h4-6,14H,1-3H3. The van der Waals surface area contributed by atoms with Gasteiger partial charge in [-0.25, -0.2) is 4.98 Å². The van der Waals surface area contributed by atoms with E-state index in [-0.39, 0.29) is 0 Å². The van der Waals surface area contributed by atoms with Gasteiger partial charge in [0.25, 0.3) is 0 Å². The van der Waals surface area contributed by atoms with Gasteiger partial charge in [-0.3, -0.25) is 0 Å². The molecule has 0 spiro atoms. The van der Waals surface area contributed by atoms with Gasteiger partial charge < -0.3 is 5.11 Å². The molecule has 1 aromatic carbocycles. The van der Waals surface area contributed by atoms with Crippen LogP contribution >= 0.6 is 0 Å². The van der Waals surface area contributed by atoms with Gasteiger partial charge in [-0.05, 0) is 32.4 Å². The van der Waals surface area contributed by atoms with Crippen molar-refractivity contribution in [2.24, 2.45) is 0 Å². The van der Waals surface area contributed by atoms with Gasteiger partial charge in [0.2, 0.25) is 0 Å². The van der Waals surface area contributed by atoms with E-state index in [9.17, 15) is 5.11 Å². The van der Waals surface area contributed by atoms with Crippen molar-refractivity contribution in [3.05, 3.63) is 35.0 Å². The van der Waals surface area contributed by atoms with E-state index in [1.54, 1.807) is 0 Å². The third-order valence-corrected chi connectivity index (χ3v) is 2.61. The van der Waals surface area contributed by atoms with Crippen LogP contribution in [-0.2, 0) is 0 Å². The van der Waals surface area contributed by atoms with Gasteiger partial charge in [0.05, 0.1) is 11.2 Å². The number of hydrogen-bond acceptors (Lipinski definition) is 2. The fraction of sp³-hybridized carbons (Fsp3) is 0.250. The predicted molar refractivity (Wildman–Crippen MR) is 57.6 cm³/mol. The third-order valence-electron chi connectivity index (χ3n) is 2.61. The number of benzene rings is 1. The molecule has 0 saturated carbocycles. The second kappa shape index (κ2) is 2.98. The molecule has 0 radical (unpaired) electrons. The summed E-state index contributed by atoms with van der Waals surface area (Å²) in [7, 11) is 0. The molecule has 14 heavy (non-hydrogen) atoms. The van der Waals surface area contributed by atoms with Crippen LogP contribution in [0.2, 0.25) is 0 Å². The Morgan fingerprint density at radius 1 is 1.14 bits per heavy atom. The molecule has 0 aliphatic carbocycles. The number of rotatable bonds is 0. The minimum atomic E-state index is 0.312. The molecule has 2 heteroatoms. The van der Waals surface area contributed by atoms with Crippen LogP contribution in [0.4, 0.5) is 0 Å². The Morgan fingerprint density at radius 2 is 1.86 bits per heavy atom. The Morgan fingerprint density at radius 3 is 2.57 bits per heavy atom. The first kappa shape index (κ1) is 9.00. The monoisotopic (exact) mass is 187 g/mol. The molecule has 72 valence electrons. The van der Waals surface area contributed by atoms with E-state index in [1.807, 2.05) is 39.0 Å². The first-order chi connectivity index (χ1) is 6.61. The molecule has 2 rings (SSSR count). The third kappa shape index (κ3) is 1.15. The molecule has 0 aliphatic rings. The van der Waals surface area contributed by atoms with Crippen LogP contribution in [0.5, 0.6) is 5.75 Å². The number of nitrogens with zero attached hydrogens (tertiary/aromatic N) is 1. The van der Waals surface area contributed by atoms with Gasteiger partial charge >= 0.3 is 0 Å². The van der Waals surface area contributed by atoms with E-state index >= 15 is 0 Å². The van der Waals surface area contributed by atoms with Crippen LogP contribution in [0.1, 0.15) is 16.8 Å². The summed E-state index contributed by atoms with van der Waals surface area (Å²) in [6.45, 7) is 5.79. The average Bonchev–Trinajstić information content (AvgIpc) is 2.14. The smallest absolute Gasteiger partial charge is 0.140 e. The van der Waals surface area contributed by atoms with Gasteiger partial charge in [0.1, 0.15) is 5.75 Å². The van der Waals surface area contributed by atoms with Crippen LogP contribution in [0.25, 0.3) is 10.9 Å². The summed E-state index contributed by atoms with van der Waals surface area (Å²) in [4.78, 5) is 4.35. The highest BCUT2D eigenvalue weighted by Gasteiger charge is 2.08. The molecular weight excluding hydrogens is 174 g/mol. The zero-order valence-corrected chi connectivity index (χ0v) is 8.63. The quantitative estimate of drug-likeness (QED) is 0.688. The molecule has 0 saturated heterocycles. The number of aryl methyl sites for hydroxylation is 3. The molecular formula is C12H13NO. The zero-order valence-electron chi connectivity index (χ0n) is 8.63. The normalized spacial score (nSPS) is 10.8. The van der Waals surface area contributed by atoms with Crippen molar-refractivity contribution in [3.63, 3.8) is 0 Å². The maximum atomic E-state index is 9.77. The zero-order chi connectivity index (χ0) is 10.3. The molecule has 2 nitrogen and oxygen atoms in total. The summed E-state index contributed by atoms with van der Waals surface area (Å²) in [6, 6.07) is 5.99. The molecule has 2 aromatic rings. The summed E-state index contributed by atoms with van der Waals surface area (Å²) in [5, 5.41) is 10.8. The second-order valence-electron chi connectivity index (χ2n) is 3.64. The minimum Gasteiger partial charge on any atom is -0.506 e. The fourth-order valence-electron chi connectivity index (χ4n) is 1.86. The number of aromatic nitrogens is 1. The molecule has 0 amide bonds. The lowest BCUT2D eigenvalue weighted by Crippen LogP contribution is -1.91. The predicted octanol–water partition coefficient (Wildman–Crippen LogP) is 2.87. The second-order valence-corrected chi connectivity index (χ2v) is 3.64. The summed E-state index contributed by atoms with van der Waals surface area (Å²) in [6.07, 6.45) is 0. The van der Waals surface area contributed by atoms with Gasteiger partial charge in [0.15, 0.2) is 0 Å². The van der Waals surface area contributed by atoms with Crippen molar-refractivity contribution in [1.82, 2.24) is 4.98 Å². The van der Waals surface area contributed by atoms with Crippen molar-refractivity contribution in [2.75, 3.05) is 0 Å². The molecule has 1 N–H and O–H groups in total. The highest BCUT2D eigenvalue weighted by Crippen LogP contribution is 2.29. The van der Waals surface area contributed by atoms with Crippen molar-refractivity contribution >= 4 is 10.9 Å². The molecule has 1 aromatic heterocycles. The van der Waals surface area contributed by atoms with E-state index < -0.39 is 0 Å². The number of fused-ring (bicyclic) bond motifs is 1. The minimum absolute atomic E-state index is 0.312. The highest BCUT2D eigenvalue weighted by atomic mass is 16.3. The first-order valence-corrected chi connectivity index (χ1v) is 4.66. The van der Waals surface area contributed by atoms with E-state index in [0.717, 1.165) is 22.0 Å². The van der Waals surface area contributed by atoms with Gasteiger partial charge in [0, 0.05) is 10.9 Å². The number of aromatic hydroxyl groups is 1. The van der Waals surface area contributed by atoms with Crippen LogP contribution in [0, 0.1) is 20.8 Å². The molecule has 0 atom stereocenters. The van der Waals surface area contributed by atoms with Crippen molar-refractivity contribution < 1.29 is 5.11 Å². The van der Waals surface area contributed by atoms with Gasteiger partial charge in [-0.2, -0.15) is 0 Å². The van der Waals surface area contributed by atoms with Crippen LogP contribution in [0.15, 0.2) is 18.2 Å². The Balaban J connectivity index is 2.99.